The van der Waals surface area contributed by atoms with Gasteiger partial charge < -0.3 is 4.90 Å². The highest BCUT2D eigenvalue weighted by Crippen LogP contribution is 2.36. The molecule has 94 valence electrons. The van der Waals surface area contributed by atoms with E-state index in [1.54, 1.807) is 11.3 Å². The third kappa shape index (κ3) is 2.22. The fourth-order valence-corrected chi connectivity index (χ4v) is 3.44. The molecule has 1 aliphatic heterocycles. The van der Waals surface area contributed by atoms with Gasteiger partial charge in [-0.25, -0.2) is 9.97 Å². The molecule has 0 unspecified atom stereocenters. The van der Waals surface area contributed by atoms with Crippen molar-refractivity contribution in [1.29, 1.82) is 0 Å². The van der Waals surface area contributed by atoms with Gasteiger partial charge in [0.1, 0.15) is 16.8 Å². The Morgan fingerprint density at radius 1 is 1.44 bits per heavy atom. The summed E-state index contributed by atoms with van der Waals surface area (Å²) in [4.78, 5) is 11.0. The van der Waals surface area contributed by atoms with Crippen LogP contribution in [0.3, 0.4) is 0 Å². The van der Waals surface area contributed by atoms with Gasteiger partial charge in [0.15, 0.2) is 0 Å². The van der Waals surface area contributed by atoms with Gasteiger partial charge in [-0.3, -0.25) is 0 Å². The molecule has 1 atom stereocenters. The quantitative estimate of drug-likeness (QED) is 0.782. The van der Waals surface area contributed by atoms with Crippen LogP contribution in [0.2, 0.25) is 5.15 Å². The number of halogens is 1. The second kappa shape index (κ2) is 4.86. The lowest BCUT2D eigenvalue weighted by atomic mass is 10.1. The molecule has 0 aromatic carbocycles. The molecule has 0 N–H and O–H groups in total. The van der Waals surface area contributed by atoms with Gasteiger partial charge in [0.25, 0.3) is 0 Å². The van der Waals surface area contributed by atoms with E-state index in [-0.39, 0.29) is 0 Å². The summed E-state index contributed by atoms with van der Waals surface area (Å²) in [6.07, 6.45) is 2.37. The van der Waals surface area contributed by atoms with Crippen LogP contribution in [0, 0.1) is 6.92 Å². The number of aromatic nitrogens is 2. The predicted octanol–water partition coefficient (Wildman–Crippen LogP) is 3.84. The van der Waals surface area contributed by atoms with E-state index in [9.17, 15) is 0 Å². The van der Waals surface area contributed by atoms with Crippen molar-refractivity contribution in [3.8, 4) is 0 Å². The Labute approximate surface area is 115 Å². The lowest BCUT2D eigenvalue weighted by Gasteiger charge is -2.25. The predicted molar refractivity (Wildman–Crippen MR) is 75.4 cm³/mol. The molecule has 3 rings (SSSR count). The van der Waals surface area contributed by atoms with E-state index in [0.29, 0.717) is 11.2 Å². The van der Waals surface area contributed by atoms with Crippen molar-refractivity contribution in [2.45, 2.75) is 25.8 Å². The van der Waals surface area contributed by atoms with Crippen molar-refractivity contribution in [2.75, 3.05) is 11.4 Å². The average molecular weight is 280 g/mol. The van der Waals surface area contributed by atoms with Gasteiger partial charge in [0.2, 0.25) is 0 Å². The second-order valence-electron chi connectivity index (χ2n) is 4.50. The topological polar surface area (TPSA) is 29.0 Å². The minimum atomic E-state index is 0.432. The Balaban J connectivity index is 1.95. The van der Waals surface area contributed by atoms with E-state index in [0.717, 1.165) is 18.2 Å². The first-order valence-corrected chi connectivity index (χ1v) is 7.36. The van der Waals surface area contributed by atoms with Crippen LogP contribution < -0.4 is 4.90 Å². The first-order valence-electron chi connectivity index (χ1n) is 6.04. The number of hydrogen-bond donors (Lipinski definition) is 0. The van der Waals surface area contributed by atoms with Gasteiger partial charge >= 0.3 is 0 Å². The molecule has 1 aliphatic rings. The molecular formula is C13H14ClN3S. The van der Waals surface area contributed by atoms with E-state index in [2.05, 4.69) is 31.7 Å². The van der Waals surface area contributed by atoms with Crippen molar-refractivity contribution >= 4 is 28.8 Å². The molecule has 3 nitrogen and oxygen atoms in total. The highest BCUT2D eigenvalue weighted by Gasteiger charge is 2.27. The Morgan fingerprint density at radius 3 is 3.06 bits per heavy atom. The molecular weight excluding hydrogens is 266 g/mol. The largest absolute Gasteiger partial charge is 0.349 e. The normalized spacial score (nSPS) is 19.4. The van der Waals surface area contributed by atoms with Crippen LogP contribution in [0.5, 0.6) is 0 Å². The molecule has 2 aromatic heterocycles. The zero-order valence-corrected chi connectivity index (χ0v) is 11.7. The molecule has 0 radical (unpaired) electrons. The summed E-state index contributed by atoms with van der Waals surface area (Å²) in [6.45, 7) is 2.92. The third-order valence-corrected chi connectivity index (χ3v) is 4.16. The highest BCUT2D eigenvalue weighted by molar-refractivity contribution is 7.08. The van der Waals surface area contributed by atoms with Gasteiger partial charge in [0, 0.05) is 12.6 Å². The lowest BCUT2D eigenvalue weighted by molar-refractivity contribution is 0.711. The minimum absolute atomic E-state index is 0.432. The summed E-state index contributed by atoms with van der Waals surface area (Å²) >= 11 is 7.77. The summed E-state index contributed by atoms with van der Waals surface area (Å²) in [5.41, 5.74) is 1.38. The zero-order chi connectivity index (χ0) is 12.5. The average Bonchev–Trinajstić information content (AvgIpc) is 2.98. The SMILES string of the molecule is Cc1nc(Cl)cc(N2CCC[C@H]2c2ccsc2)n1. The molecule has 0 aliphatic carbocycles. The Kier molecular flexibility index (Phi) is 3.22. The van der Waals surface area contributed by atoms with E-state index in [1.165, 1.54) is 18.4 Å². The van der Waals surface area contributed by atoms with Crippen LogP contribution in [0.4, 0.5) is 5.82 Å². The standard InChI is InChI=1S/C13H14ClN3S/c1-9-15-12(14)7-13(16-9)17-5-2-3-11(17)10-4-6-18-8-10/h4,6-8,11H,2-3,5H2,1H3/t11-/m0/s1. The molecule has 18 heavy (non-hydrogen) atoms. The van der Waals surface area contributed by atoms with Crippen LogP contribution in [0.25, 0.3) is 0 Å². The number of anilines is 1. The fourth-order valence-electron chi connectivity index (χ4n) is 2.52. The Morgan fingerprint density at radius 2 is 2.33 bits per heavy atom. The Bertz CT molecular complexity index is 521. The van der Waals surface area contributed by atoms with Crippen LogP contribution in [-0.2, 0) is 0 Å². The molecule has 3 heterocycles. The van der Waals surface area contributed by atoms with Crippen molar-refractivity contribution in [3.63, 3.8) is 0 Å². The zero-order valence-electron chi connectivity index (χ0n) is 10.1. The second-order valence-corrected chi connectivity index (χ2v) is 5.67. The fraction of sp³-hybridized carbons (Fsp3) is 0.385. The van der Waals surface area contributed by atoms with Crippen LogP contribution in [-0.4, -0.2) is 16.5 Å². The van der Waals surface area contributed by atoms with E-state index in [4.69, 9.17) is 11.6 Å². The summed E-state index contributed by atoms with van der Waals surface area (Å²) in [7, 11) is 0. The maximum atomic E-state index is 6.03. The number of thiophene rings is 1. The van der Waals surface area contributed by atoms with Crippen molar-refractivity contribution in [1.82, 2.24) is 9.97 Å². The molecule has 0 spiro atoms. The van der Waals surface area contributed by atoms with Gasteiger partial charge in [-0.2, -0.15) is 11.3 Å². The molecule has 0 amide bonds. The van der Waals surface area contributed by atoms with Crippen LogP contribution >= 0.6 is 22.9 Å². The summed E-state index contributed by atoms with van der Waals surface area (Å²) in [6, 6.07) is 4.49. The maximum absolute atomic E-state index is 6.03. The van der Waals surface area contributed by atoms with E-state index >= 15 is 0 Å². The van der Waals surface area contributed by atoms with Crippen molar-refractivity contribution < 1.29 is 0 Å². The van der Waals surface area contributed by atoms with E-state index < -0.39 is 0 Å². The summed E-state index contributed by atoms with van der Waals surface area (Å²) < 4.78 is 0. The number of rotatable bonds is 2. The highest BCUT2D eigenvalue weighted by atomic mass is 35.5. The van der Waals surface area contributed by atoms with E-state index in [1.807, 2.05) is 13.0 Å². The molecule has 1 saturated heterocycles. The lowest BCUT2D eigenvalue weighted by Crippen LogP contribution is -2.23. The van der Waals surface area contributed by atoms with Crippen LogP contribution in [0.1, 0.15) is 30.3 Å². The van der Waals surface area contributed by atoms with Gasteiger partial charge in [0.05, 0.1) is 6.04 Å². The van der Waals surface area contributed by atoms with Crippen LogP contribution in [0.15, 0.2) is 22.9 Å². The Hall–Kier alpha value is -1.13. The maximum Gasteiger partial charge on any atom is 0.134 e. The van der Waals surface area contributed by atoms with Crippen molar-refractivity contribution in [2.24, 2.45) is 0 Å². The number of aryl methyl sites for hydroxylation is 1. The molecule has 1 fully saturated rings. The summed E-state index contributed by atoms with van der Waals surface area (Å²) in [5.74, 6) is 1.68. The molecule has 0 bridgehead atoms. The first kappa shape index (κ1) is 11.9. The van der Waals surface area contributed by atoms with Gasteiger partial charge in [-0.15, -0.1) is 0 Å². The molecule has 5 heteroatoms. The van der Waals surface area contributed by atoms with Gasteiger partial charge in [-0.1, -0.05) is 11.6 Å². The van der Waals surface area contributed by atoms with Gasteiger partial charge in [-0.05, 0) is 42.2 Å². The minimum Gasteiger partial charge on any atom is -0.349 e. The molecule has 2 aromatic rings. The van der Waals surface area contributed by atoms with Crippen molar-refractivity contribution in [3.05, 3.63) is 39.4 Å². The molecule has 0 saturated carbocycles. The summed E-state index contributed by atoms with van der Waals surface area (Å²) in [5, 5.41) is 4.87. The number of nitrogens with zero attached hydrogens (tertiary/aromatic N) is 3. The third-order valence-electron chi connectivity index (χ3n) is 3.27. The smallest absolute Gasteiger partial charge is 0.134 e. The first-order chi connectivity index (χ1) is 8.74. The monoisotopic (exact) mass is 279 g/mol. The number of hydrogen-bond acceptors (Lipinski definition) is 4.